The van der Waals surface area contributed by atoms with E-state index in [0.717, 1.165) is 17.7 Å². The van der Waals surface area contributed by atoms with E-state index in [-0.39, 0.29) is 12.1 Å². The predicted molar refractivity (Wildman–Crippen MR) is 120 cm³/mol. The van der Waals surface area contributed by atoms with Crippen molar-refractivity contribution in [1.82, 2.24) is 4.90 Å². The van der Waals surface area contributed by atoms with Gasteiger partial charge in [-0.05, 0) is 49.0 Å². The number of hydrogen-bond acceptors (Lipinski definition) is 3. The summed E-state index contributed by atoms with van der Waals surface area (Å²) in [5, 5.41) is 8.94. The van der Waals surface area contributed by atoms with Crippen molar-refractivity contribution in [3.63, 3.8) is 0 Å². The number of hydrogen-bond donors (Lipinski definition) is 1. The fourth-order valence-electron chi connectivity index (χ4n) is 3.55. The molecular formula is C26H24F5NO3. The van der Waals surface area contributed by atoms with Gasteiger partial charge in [0.2, 0.25) is 0 Å². The van der Waals surface area contributed by atoms with Gasteiger partial charge in [0.15, 0.2) is 0 Å². The van der Waals surface area contributed by atoms with Gasteiger partial charge in [0.1, 0.15) is 11.9 Å². The lowest BCUT2D eigenvalue weighted by atomic mass is 9.99. The monoisotopic (exact) mass is 493 g/mol. The minimum Gasteiger partial charge on any atom is -0.486 e. The molecule has 0 aliphatic rings. The molecule has 1 N–H and O–H groups in total. The van der Waals surface area contributed by atoms with Crippen LogP contribution in [0.15, 0.2) is 78.9 Å². The molecule has 3 aromatic rings. The molecule has 0 saturated carbocycles. The summed E-state index contributed by atoms with van der Waals surface area (Å²) in [5.41, 5.74) is -1.10. The van der Waals surface area contributed by atoms with E-state index < -0.39 is 35.3 Å². The number of aliphatic carboxylic acids is 1. The summed E-state index contributed by atoms with van der Waals surface area (Å²) in [6.07, 6.45) is -4.60. The molecule has 9 heteroatoms. The van der Waals surface area contributed by atoms with Crippen molar-refractivity contribution in [2.24, 2.45) is 0 Å². The van der Waals surface area contributed by atoms with E-state index in [4.69, 9.17) is 9.84 Å². The average Bonchev–Trinajstić information content (AvgIpc) is 2.81. The number of nitrogens with zero attached hydrogens (tertiary/aromatic N) is 1. The molecule has 186 valence electrons. The van der Waals surface area contributed by atoms with Crippen LogP contribution < -0.4 is 4.74 Å². The maximum atomic E-state index is 14.9. The standard InChI is InChI=1S/C26H24F5NO3/c1-32(17-24(33)34)16-15-23(18-5-3-2-4-6-18)35-22-13-11-20(12-14-22)25(27,28)19-7-9-21(10-8-19)26(29,30)31/h2-14,23H,15-17H2,1H3,(H,33,34). The Kier molecular flexibility index (Phi) is 8.11. The number of rotatable bonds is 10. The number of alkyl halides is 5. The van der Waals surface area contributed by atoms with Gasteiger partial charge in [-0.15, -0.1) is 0 Å². The quantitative estimate of drug-likeness (QED) is 0.334. The molecule has 0 aliphatic heterocycles. The van der Waals surface area contributed by atoms with Crippen LogP contribution in [-0.4, -0.2) is 36.1 Å². The molecule has 0 heterocycles. The highest BCUT2D eigenvalue weighted by molar-refractivity contribution is 5.69. The van der Waals surface area contributed by atoms with E-state index in [2.05, 4.69) is 0 Å². The number of carbonyl (C=O) groups is 1. The fraction of sp³-hybridized carbons (Fsp3) is 0.269. The van der Waals surface area contributed by atoms with E-state index in [0.29, 0.717) is 30.8 Å². The first kappa shape index (κ1) is 26.2. The lowest BCUT2D eigenvalue weighted by molar-refractivity contribution is -0.138. The van der Waals surface area contributed by atoms with Crippen LogP contribution in [0.5, 0.6) is 5.75 Å². The Morgan fingerprint density at radius 2 is 1.37 bits per heavy atom. The molecular weight excluding hydrogens is 469 g/mol. The minimum absolute atomic E-state index is 0.130. The van der Waals surface area contributed by atoms with Crippen molar-refractivity contribution < 1.29 is 36.6 Å². The van der Waals surface area contributed by atoms with Gasteiger partial charge >= 0.3 is 12.1 Å². The van der Waals surface area contributed by atoms with Crippen molar-refractivity contribution in [3.8, 4) is 5.75 Å². The number of carboxylic acid groups (broad SMARTS) is 1. The third kappa shape index (κ3) is 7.02. The highest BCUT2D eigenvalue weighted by Gasteiger charge is 2.36. The smallest absolute Gasteiger partial charge is 0.416 e. The molecule has 3 aromatic carbocycles. The number of halogens is 5. The molecule has 0 amide bonds. The van der Waals surface area contributed by atoms with Gasteiger partial charge in [0.05, 0.1) is 12.1 Å². The predicted octanol–water partition coefficient (Wildman–Crippen LogP) is 6.37. The maximum absolute atomic E-state index is 14.9. The van der Waals surface area contributed by atoms with E-state index in [1.54, 1.807) is 11.9 Å². The molecule has 0 aromatic heterocycles. The zero-order valence-electron chi connectivity index (χ0n) is 18.8. The summed E-state index contributed by atoms with van der Waals surface area (Å²) in [6.45, 7) is 0.297. The number of benzene rings is 3. The van der Waals surface area contributed by atoms with Crippen LogP contribution in [0.4, 0.5) is 22.0 Å². The van der Waals surface area contributed by atoms with Gasteiger partial charge in [0.25, 0.3) is 5.92 Å². The molecule has 0 bridgehead atoms. The summed E-state index contributed by atoms with van der Waals surface area (Å²) in [6, 6.07) is 17.1. The minimum atomic E-state index is -4.61. The Balaban J connectivity index is 1.75. The third-order valence-electron chi connectivity index (χ3n) is 5.42. The van der Waals surface area contributed by atoms with Gasteiger partial charge in [-0.1, -0.05) is 42.5 Å². The molecule has 0 aliphatic carbocycles. The van der Waals surface area contributed by atoms with Gasteiger partial charge < -0.3 is 9.84 Å². The van der Waals surface area contributed by atoms with E-state index >= 15 is 0 Å². The fourth-order valence-corrected chi connectivity index (χ4v) is 3.55. The molecule has 0 radical (unpaired) electrons. The number of carboxylic acids is 1. The number of ether oxygens (including phenoxy) is 1. The van der Waals surface area contributed by atoms with Crippen LogP contribution in [0.2, 0.25) is 0 Å². The number of likely N-dealkylation sites (N-methyl/N-ethyl adjacent to an activating group) is 1. The second kappa shape index (κ2) is 10.9. The normalized spacial score (nSPS) is 13.0. The maximum Gasteiger partial charge on any atom is 0.416 e. The van der Waals surface area contributed by atoms with Crippen LogP contribution in [0, 0.1) is 0 Å². The highest BCUT2D eigenvalue weighted by atomic mass is 19.4. The van der Waals surface area contributed by atoms with Crippen molar-refractivity contribution in [3.05, 3.63) is 101 Å². The van der Waals surface area contributed by atoms with Crippen molar-refractivity contribution in [2.75, 3.05) is 20.1 Å². The first-order chi connectivity index (χ1) is 16.5. The van der Waals surface area contributed by atoms with E-state index in [1.807, 2.05) is 30.3 Å². The Morgan fingerprint density at radius 1 is 0.857 bits per heavy atom. The zero-order valence-corrected chi connectivity index (χ0v) is 18.8. The van der Waals surface area contributed by atoms with Crippen molar-refractivity contribution >= 4 is 5.97 Å². The molecule has 1 atom stereocenters. The van der Waals surface area contributed by atoms with E-state index in [1.165, 1.54) is 24.3 Å². The molecule has 35 heavy (non-hydrogen) atoms. The summed E-state index contributed by atoms with van der Waals surface area (Å²) in [4.78, 5) is 12.5. The summed E-state index contributed by atoms with van der Waals surface area (Å²) in [7, 11) is 1.67. The second-order valence-corrected chi connectivity index (χ2v) is 8.11. The van der Waals surface area contributed by atoms with Crippen LogP contribution in [0.3, 0.4) is 0 Å². The van der Waals surface area contributed by atoms with Crippen molar-refractivity contribution in [1.29, 1.82) is 0 Å². The van der Waals surface area contributed by atoms with Crippen LogP contribution in [-0.2, 0) is 16.9 Å². The lowest BCUT2D eigenvalue weighted by Gasteiger charge is -2.23. The molecule has 3 rings (SSSR count). The molecule has 0 fully saturated rings. The Bertz CT molecular complexity index is 1100. The summed E-state index contributed by atoms with van der Waals surface area (Å²) in [5.74, 6) is -4.12. The van der Waals surface area contributed by atoms with Crippen LogP contribution in [0.1, 0.15) is 34.8 Å². The molecule has 4 nitrogen and oxygen atoms in total. The molecule has 0 spiro atoms. The van der Waals surface area contributed by atoms with Gasteiger partial charge in [-0.2, -0.15) is 22.0 Å². The Hall–Kier alpha value is -3.46. The first-order valence-corrected chi connectivity index (χ1v) is 10.7. The largest absolute Gasteiger partial charge is 0.486 e. The molecule has 1 unspecified atom stereocenters. The van der Waals surface area contributed by atoms with Gasteiger partial charge in [-0.3, -0.25) is 9.69 Å². The van der Waals surface area contributed by atoms with Gasteiger partial charge in [0, 0.05) is 24.1 Å². The van der Waals surface area contributed by atoms with Crippen molar-refractivity contribution in [2.45, 2.75) is 24.6 Å². The Labute approximate surface area is 199 Å². The first-order valence-electron chi connectivity index (χ1n) is 10.7. The van der Waals surface area contributed by atoms with E-state index in [9.17, 15) is 26.7 Å². The second-order valence-electron chi connectivity index (χ2n) is 8.11. The summed E-state index contributed by atoms with van der Waals surface area (Å²) >= 11 is 0. The SMILES string of the molecule is CN(CCC(Oc1ccc(C(F)(F)c2ccc(C(F)(F)F)cc2)cc1)c1ccccc1)CC(=O)O. The van der Waals surface area contributed by atoms with Gasteiger partial charge in [-0.25, -0.2) is 0 Å². The topological polar surface area (TPSA) is 49.8 Å². The zero-order chi connectivity index (χ0) is 25.6. The average molecular weight is 493 g/mol. The summed E-state index contributed by atoms with van der Waals surface area (Å²) < 4.78 is 74.1. The van der Waals surface area contributed by atoms with Crippen LogP contribution >= 0.6 is 0 Å². The molecule has 0 saturated heterocycles. The Morgan fingerprint density at radius 3 is 1.89 bits per heavy atom. The lowest BCUT2D eigenvalue weighted by Crippen LogP contribution is -2.28. The highest BCUT2D eigenvalue weighted by Crippen LogP contribution is 2.38. The third-order valence-corrected chi connectivity index (χ3v) is 5.42. The van der Waals surface area contributed by atoms with Crippen LogP contribution in [0.25, 0.3) is 0 Å².